The van der Waals surface area contributed by atoms with Gasteiger partial charge in [0.05, 0.1) is 11.5 Å². The molecule has 1 aromatic carbocycles. The molecule has 0 saturated carbocycles. The number of benzene rings is 1. The third kappa shape index (κ3) is 4.51. The van der Waals surface area contributed by atoms with Gasteiger partial charge in [0.2, 0.25) is 0 Å². The minimum Gasteiger partial charge on any atom is -0.330 e. The molecule has 0 spiro atoms. The fourth-order valence-corrected chi connectivity index (χ4v) is 3.46. The first-order chi connectivity index (χ1) is 7.43. The van der Waals surface area contributed by atoms with Crippen LogP contribution in [0.1, 0.15) is 12.5 Å². The molecule has 5 heteroatoms. The van der Waals surface area contributed by atoms with Crippen molar-refractivity contribution in [1.29, 1.82) is 0 Å². The Hall–Kier alpha value is -0.580. The van der Waals surface area contributed by atoms with Crippen molar-refractivity contribution in [2.75, 3.05) is 12.3 Å². The molecule has 90 valence electrons. The molecule has 0 radical (unpaired) electrons. The van der Waals surface area contributed by atoms with E-state index in [-0.39, 0.29) is 17.4 Å². The van der Waals surface area contributed by atoms with Crippen LogP contribution in [0.3, 0.4) is 0 Å². The van der Waals surface area contributed by atoms with E-state index in [0.717, 1.165) is 5.56 Å². The highest BCUT2D eigenvalue weighted by Gasteiger charge is 2.15. The summed E-state index contributed by atoms with van der Waals surface area (Å²) >= 11 is 5.79. The van der Waals surface area contributed by atoms with Gasteiger partial charge < -0.3 is 5.73 Å². The Morgan fingerprint density at radius 2 is 2.12 bits per heavy atom. The van der Waals surface area contributed by atoms with Gasteiger partial charge in [0, 0.05) is 5.02 Å². The predicted molar refractivity (Wildman–Crippen MR) is 67.2 cm³/mol. The Morgan fingerprint density at radius 3 is 2.69 bits per heavy atom. The SMILES string of the molecule is CC(CN)CS(=O)(=O)Cc1cccc(Cl)c1. The standard InChI is InChI=1S/C11H16ClNO2S/c1-9(6-13)7-16(14,15)8-10-3-2-4-11(12)5-10/h2-5,9H,6-8,13H2,1H3. The molecule has 2 N–H and O–H groups in total. The molecule has 1 atom stereocenters. The maximum Gasteiger partial charge on any atom is 0.154 e. The van der Waals surface area contributed by atoms with E-state index in [0.29, 0.717) is 11.6 Å². The number of halogens is 1. The highest BCUT2D eigenvalue weighted by Crippen LogP contribution is 2.14. The van der Waals surface area contributed by atoms with Crippen molar-refractivity contribution in [2.45, 2.75) is 12.7 Å². The summed E-state index contributed by atoms with van der Waals surface area (Å²) in [5, 5.41) is 0.555. The first-order valence-electron chi connectivity index (χ1n) is 5.08. The Labute approximate surface area is 102 Å². The highest BCUT2D eigenvalue weighted by molar-refractivity contribution is 7.90. The molecule has 1 rings (SSSR count). The summed E-state index contributed by atoms with van der Waals surface area (Å²) in [6, 6.07) is 6.91. The maximum atomic E-state index is 11.8. The predicted octanol–water partition coefficient (Wildman–Crippen LogP) is 1.85. The quantitative estimate of drug-likeness (QED) is 0.880. The van der Waals surface area contributed by atoms with Gasteiger partial charge >= 0.3 is 0 Å². The molecule has 16 heavy (non-hydrogen) atoms. The smallest absolute Gasteiger partial charge is 0.154 e. The molecular weight excluding hydrogens is 246 g/mol. The summed E-state index contributed by atoms with van der Waals surface area (Å²) in [6.07, 6.45) is 0. The molecule has 0 aromatic heterocycles. The van der Waals surface area contributed by atoms with Gasteiger partial charge in [-0.05, 0) is 30.2 Å². The van der Waals surface area contributed by atoms with E-state index >= 15 is 0 Å². The lowest BCUT2D eigenvalue weighted by Crippen LogP contribution is -2.22. The summed E-state index contributed by atoms with van der Waals surface area (Å²) in [6.45, 7) is 2.21. The minimum absolute atomic E-state index is 0.0100. The normalized spacial score (nSPS) is 13.7. The Bertz CT molecular complexity index is 445. The minimum atomic E-state index is -3.10. The van der Waals surface area contributed by atoms with Gasteiger partial charge in [-0.1, -0.05) is 30.7 Å². The van der Waals surface area contributed by atoms with Crippen LogP contribution in [0.25, 0.3) is 0 Å². The van der Waals surface area contributed by atoms with Gasteiger partial charge in [0.1, 0.15) is 0 Å². The van der Waals surface area contributed by atoms with Crippen LogP contribution in [-0.4, -0.2) is 20.7 Å². The molecule has 0 amide bonds. The molecule has 0 aliphatic heterocycles. The van der Waals surface area contributed by atoms with Crippen molar-refractivity contribution in [3.05, 3.63) is 34.9 Å². The van der Waals surface area contributed by atoms with E-state index < -0.39 is 9.84 Å². The zero-order chi connectivity index (χ0) is 12.2. The van der Waals surface area contributed by atoms with E-state index in [1.54, 1.807) is 24.3 Å². The van der Waals surface area contributed by atoms with Gasteiger partial charge in [-0.25, -0.2) is 8.42 Å². The second kappa shape index (κ2) is 5.66. The molecule has 0 fully saturated rings. The molecule has 0 aliphatic rings. The third-order valence-electron chi connectivity index (χ3n) is 2.22. The lowest BCUT2D eigenvalue weighted by atomic mass is 10.2. The van der Waals surface area contributed by atoms with Crippen LogP contribution in [0.5, 0.6) is 0 Å². The number of rotatable bonds is 5. The number of nitrogens with two attached hydrogens (primary N) is 1. The summed E-state index contributed by atoms with van der Waals surface area (Å²) < 4.78 is 23.6. The summed E-state index contributed by atoms with van der Waals surface area (Å²) in [5.74, 6) is 0.137. The lowest BCUT2D eigenvalue weighted by Gasteiger charge is -2.09. The van der Waals surface area contributed by atoms with Crippen LogP contribution >= 0.6 is 11.6 Å². The van der Waals surface area contributed by atoms with E-state index in [4.69, 9.17) is 17.3 Å². The van der Waals surface area contributed by atoms with Crippen molar-refractivity contribution in [1.82, 2.24) is 0 Å². The molecule has 0 saturated heterocycles. The largest absolute Gasteiger partial charge is 0.330 e. The van der Waals surface area contributed by atoms with Crippen LogP contribution in [0, 0.1) is 5.92 Å². The Balaban J connectivity index is 2.73. The monoisotopic (exact) mass is 261 g/mol. The van der Waals surface area contributed by atoms with Crippen LogP contribution in [-0.2, 0) is 15.6 Å². The van der Waals surface area contributed by atoms with Crippen molar-refractivity contribution in [3.63, 3.8) is 0 Å². The Morgan fingerprint density at radius 1 is 1.44 bits per heavy atom. The zero-order valence-electron chi connectivity index (χ0n) is 9.19. The first-order valence-corrected chi connectivity index (χ1v) is 7.28. The molecular formula is C11H16ClNO2S. The van der Waals surface area contributed by atoms with E-state index in [1.165, 1.54) is 0 Å². The molecule has 1 unspecified atom stereocenters. The average molecular weight is 262 g/mol. The van der Waals surface area contributed by atoms with Crippen LogP contribution in [0.15, 0.2) is 24.3 Å². The van der Waals surface area contributed by atoms with Crippen molar-refractivity contribution in [2.24, 2.45) is 11.7 Å². The van der Waals surface area contributed by atoms with Gasteiger partial charge in [-0.3, -0.25) is 0 Å². The van der Waals surface area contributed by atoms with Gasteiger partial charge in [-0.15, -0.1) is 0 Å². The maximum absolute atomic E-state index is 11.8. The topological polar surface area (TPSA) is 60.2 Å². The summed E-state index contributed by atoms with van der Waals surface area (Å²) in [5.41, 5.74) is 6.13. The van der Waals surface area contributed by atoms with Crippen molar-refractivity contribution >= 4 is 21.4 Å². The van der Waals surface area contributed by atoms with Crippen LogP contribution in [0.2, 0.25) is 5.02 Å². The second-order valence-corrected chi connectivity index (χ2v) is 6.57. The van der Waals surface area contributed by atoms with E-state index in [1.807, 2.05) is 6.92 Å². The highest BCUT2D eigenvalue weighted by atomic mass is 35.5. The number of hydrogen-bond acceptors (Lipinski definition) is 3. The lowest BCUT2D eigenvalue weighted by molar-refractivity contribution is 0.573. The van der Waals surface area contributed by atoms with E-state index in [9.17, 15) is 8.42 Å². The first kappa shape index (κ1) is 13.5. The summed E-state index contributed by atoms with van der Waals surface area (Å²) in [4.78, 5) is 0. The van der Waals surface area contributed by atoms with Gasteiger partial charge in [-0.2, -0.15) is 0 Å². The summed E-state index contributed by atoms with van der Waals surface area (Å²) in [7, 11) is -3.10. The zero-order valence-corrected chi connectivity index (χ0v) is 10.8. The molecule has 0 aliphatic carbocycles. The van der Waals surface area contributed by atoms with Crippen LogP contribution < -0.4 is 5.73 Å². The van der Waals surface area contributed by atoms with Crippen molar-refractivity contribution < 1.29 is 8.42 Å². The fraction of sp³-hybridized carbons (Fsp3) is 0.455. The van der Waals surface area contributed by atoms with E-state index in [2.05, 4.69) is 0 Å². The molecule has 0 heterocycles. The number of hydrogen-bond donors (Lipinski definition) is 1. The molecule has 1 aromatic rings. The molecule has 0 bridgehead atoms. The molecule has 3 nitrogen and oxygen atoms in total. The van der Waals surface area contributed by atoms with Crippen LogP contribution in [0.4, 0.5) is 0 Å². The van der Waals surface area contributed by atoms with Gasteiger partial charge in [0.25, 0.3) is 0 Å². The average Bonchev–Trinajstić information content (AvgIpc) is 2.15. The third-order valence-corrected chi connectivity index (χ3v) is 4.30. The number of sulfone groups is 1. The fourth-order valence-electron chi connectivity index (χ4n) is 1.44. The Kier molecular flexibility index (Phi) is 4.77. The second-order valence-electron chi connectivity index (χ2n) is 4.03. The van der Waals surface area contributed by atoms with Gasteiger partial charge in [0.15, 0.2) is 9.84 Å². The van der Waals surface area contributed by atoms with Crippen molar-refractivity contribution in [3.8, 4) is 0 Å².